The Hall–Kier alpha value is -2.75. The van der Waals surface area contributed by atoms with E-state index in [1.807, 2.05) is 42.6 Å². The maximum atomic E-state index is 12.3. The van der Waals surface area contributed by atoms with Crippen molar-refractivity contribution >= 4 is 22.5 Å². The Labute approximate surface area is 154 Å². The molecule has 0 bridgehead atoms. The van der Waals surface area contributed by atoms with Crippen LogP contribution in [-0.2, 0) is 11.2 Å². The lowest BCUT2D eigenvalue weighted by Crippen LogP contribution is -2.12. The number of carbonyl (C=O) groups is 1. The lowest BCUT2D eigenvalue weighted by molar-refractivity contribution is -0.116. The number of hydrogen-bond acceptors (Lipinski definition) is 2. The summed E-state index contributed by atoms with van der Waals surface area (Å²) in [6.45, 7) is 2.80. The van der Waals surface area contributed by atoms with E-state index in [1.54, 1.807) is 0 Å². The topological polar surface area (TPSA) is 54.1 Å². The number of amides is 1. The van der Waals surface area contributed by atoms with Crippen molar-refractivity contribution in [1.29, 1.82) is 0 Å². The zero-order valence-corrected chi connectivity index (χ0v) is 15.3. The van der Waals surface area contributed by atoms with Gasteiger partial charge in [0.15, 0.2) is 0 Å². The van der Waals surface area contributed by atoms with Gasteiger partial charge in [0.2, 0.25) is 5.91 Å². The smallest absolute Gasteiger partial charge is 0.224 e. The number of aromatic nitrogens is 1. The summed E-state index contributed by atoms with van der Waals surface area (Å²) in [7, 11) is 0. The molecule has 0 aliphatic heterocycles. The molecule has 3 aromatic rings. The lowest BCUT2D eigenvalue weighted by Gasteiger charge is -2.12. The van der Waals surface area contributed by atoms with Gasteiger partial charge in [-0.1, -0.05) is 43.7 Å². The predicted molar refractivity (Wildman–Crippen MR) is 107 cm³/mol. The van der Waals surface area contributed by atoms with Gasteiger partial charge in [0.25, 0.3) is 0 Å². The van der Waals surface area contributed by atoms with E-state index in [-0.39, 0.29) is 5.91 Å². The Morgan fingerprint density at radius 2 is 1.88 bits per heavy atom. The molecule has 0 saturated carbocycles. The van der Waals surface area contributed by atoms with Gasteiger partial charge in [-0.15, -0.1) is 0 Å². The molecule has 2 aromatic carbocycles. The molecule has 0 spiro atoms. The highest BCUT2D eigenvalue weighted by atomic mass is 16.5. The van der Waals surface area contributed by atoms with Crippen LogP contribution in [0, 0.1) is 0 Å². The van der Waals surface area contributed by atoms with Crippen molar-refractivity contribution in [1.82, 2.24) is 4.98 Å². The Kier molecular flexibility index (Phi) is 6.31. The minimum absolute atomic E-state index is 0.0244. The maximum Gasteiger partial charge on any atom is 0.224 e. The molecule has 26 heavy (non-hydrogen) atoms. The number of rotatable bonds is 9. The number of aryl methyl sites for hydroxylation is 1. The third kappa shape index (κ3) is 4.66. The van der Waals surface area contributed by atoms with E-state index in [0.717, 1.165) is 42.6 Å². The molecular formula is C22H26N2O2. The van der Waals surface area contributed by atoms with E-state index in [0.29, 0.717) is 13.0 Å². The summed E-state index contributed by atoms with van der Waals surface area (Å²) in [6.07, 6.45) is 6.32. The Morgan fingerprint density at radius 1 is 1.08 bits per heavy atom. The van der Waals surface area contributed by atoms with Gasteiger partial charge in [-0.2, -0.15) is 0 Å². The summed E-state index contributed by atoms with van der Waals surface area (Å²) in [5.41, 5.74) is 3.16. The average Bonchev–Trinajstić information content (AvgIpc) is 3.07. The molecule has 4 heteroatoms. The van der Waals surface area contributed by atoms with Crippen LogP contribution in [0.3, 0.4) is 0 Å². The van der Waals surface area contributed by atoms with Gasteiger partial charge in [0, 0.05) is 23.5 Å². The first kappa shape index (κ1) is 18.1. The maximum absolute atomic E-state index is 12.3. The number of aromatic amines is 1. The molecule has 4 nitrogen and oxygen atoms in total. The van der Waals surface area contributed by atoms with Crippen LogP contribution in [0.5, 0.6) is 5.75 Å². The molecule has 1 aromatic heterocycles. The van der Waals surface area contributed by atoms with E-state index in [4.69, 9.17) is 4.74 Å². The average molecular weight is 350 g/mol. The lowest BCUT2D eigenvalue weighted by atomic mass is 10.1. The first-order valence-corrected chi connectivity index (χ1v) is 9.34. The summed E-state index contributed by atoms with van der Waals surface area (Å²) in [4.78, 5) is 15.6. The first-order valence-electron chi connectivity index (χ1n) is 9.34. The number of ether oxygens (including phenoxy) is 1. The summed E-state index contributed by atoms with van der Waals surface area (Å²) in [5, 5.41) is 4.22. The van der Waals surface area contributed by atoms with Gasteiger partial charge in [-0.05, 0) is 43.0 Å². The molecule has 0 atom stereocenters. The third-order valence-electron chi connectivity index (χ3n) is 4.44. The highest BCUT2D eigenvalue weighted by Crippen LogP contribution is 2.24. The zero-order chi connectivity index (χ0) is 18.2. The number of para-hydroxylation sites is 3. The number of benzene rings is 2. The SMILES string of the molecule is CCCCOc1ccccc1NC(=O)CCCc1c[nH]c2ccccc12. The molecule has 0 fully saturated rings. The number of hydrogen-bond donors (Lipinski definition) is 2. The fourth-order valence-electron chi connectivity index (χ4n) is 3.01. The van der Waals surface area contributed by atoms with Crippen LogP contribution < -0.4 is 10.1 Å². The van der Waals surface area contributed by atoms with Crippen molar-refractivity contribution in [2.45, 2.75) is 39.0 Å². The van der Waals surface area contributed by atoms with Gasteiger partial charge in [-0.3, -0.25) is 4.79 Å². The number of anilines is 1. The molecule has 0 aliphatic carbocycles. The van der Waals surface area contributed by atoms with Crippen LogP contribution in [0.1, 0.15) is 38.2 Å². The fourth-order valence-corrected chi connectivity index (χ4v) is 3.01. The monoisotopic (exact) mass is 350 g/mol. The Balaban J connectivity index is 1.51. The van der Waals surface area contributed by atoms with Crippen molar-refractivity contribution in [3.05, 3.63) is 60.3 Å². The quantitative estimate of drug-likeness (QED) is 0.514. The van der Waals surface area contributed by atoms with Gasteiger partial charge in [-0.25, -0.2) is 0 Å². The normalized spacial score (nSPS) is 10.8. The molecule has 0 unspecified atom stereocenters. The van der Waals surface area contributed by atoms with Crippen LogP contribution in [0.2, 0.25) is 0 Å². The molecule has 1 amide bonds. The van der Waals surface area contributed by atoms with E-state index < -0.39 is 0 Å². The Bertz CT molecular complexity index is 854. The standard InChI is InChI=1S/C22H26N2O2/c1-2-3-15-26-21-13-7-6-12-20(21)24-22(25)14-8-9-17-16-23-19-11-5-4-10-18(17)19/h4-7,10-13,16,23H,2-3,8-9,14-15H2,1H3,(H,24,25). The highest BCUT2D eigenvalue weighted by molar-refractivity contribution is 5.92. The third-order valence-corrected chi connectivity index (χ3v) is 4.44. The second-order valence-corrected chi connectivity index (χ2v) is 6.46. The molecule has 3 rings (SSSR count). The number of unbranched alkanes of at least 4 members (excludes halogenated alkanes) is 1. The van der Waals surface area contributed by atoms with Crippen LogP contribution in [0.15, 0.2) is 54.7 Å². The number of fused-ring (bicyclic) bond motifs is 1. The van der Waals surface area contributed by atoms with Crippen molar-refractivity contribution in [3.8, 4) is 5.75 Å². The minimum atomic E-state index is 0.0244. The van der Waals surface area contributed by atoms with Gasteiger partial charge in [0.1, 0.15) is 5.75 Å². The van der Waals surface area contributed by atoms with E-state index >= 15 is 0 Å². The number of H-pyrrole nitrogens is 1. The van der Waals surface area contributed by atoms with Crippen LogP contribution >= 0.6 is 0 Å². The van der Waals surface area contributed by atoms with Crippen molar-refractivity contribution < 1.29 is 9.53 Å². The van der Waals surface area contributed by atoms with Gasteiger partial charge in [0.05, 0.1) is 12.3 Å². The number of carbonyl (C=O) groups excluding carboxylic acids is 1. The highest BCUT2D eigenvalue weighted by Gasteiger charge is 2.09. The molecule has 1 heterocycles. The van der Waals surface area contributed by atoms with Crippen LogP contribution in [0.25, 0.3) is 10.9 Å². The van der Waals surface area contributed by atoms with Crippen molar-refractivity contribution in [3.63, 3.8) is 0 Å². The fraction of sp³-hybridized carbons (Fsp3) is 0.318. The molecule has 0 saturated heterocycles. The van der Waals surface area contributed by atoms with E-state index in [9.17, 15) is 4.79 Å². The molecule has 2 N–H and O–H groups in total. The molecule has 136 valence electrons. The van der Waals surface area contributed by atoms with Crippen LogP contribution in [-0.4, -0.2) is 17.5 Å². The van der Waals surface area contributed by atoms with Crippen molar-refractivity contribution in [2.24, 2.45) is 0 Å². The molecular weight excluding hydrogens is 324 g/mol. The summed E-state index contributed by atoms with van der Waals surface area (Å²) < 4.78 is 5.77. The molecule has 0 radical (unpaired) electrons. The summed E-state index contributed by atoms with van der Waals surface area (Å²) >= 11 is 0. The first-order chi connectivity index (χ1) is 12.8. The second-order valence-electron chi connectivity index (χ2n) is 6.46. The summed E-state index contributed by atoms with van der Waals surface area (Å²) in [5.74, 6) is 0.766. The van der Waals surface area contributed by atoms with Crippen molar-refractivity contribution in [2.75, 3.05) is 11.9 Å². The summed E-state index contributed by atoms with van der Waals surface area (Å²) in [6, 6.07) is 15.9. The number of nitrogens with one attached hydrogen (secondary N) is 2. The predicted octanol–water partition coefficient (Wildman–Crippen LogP) is 5.31. The zero-order valence-electron chi connectivity index (χ0n) is 15.3. The van der Waals surface area contributed by atoms with Gasteiger partial charge >= 0.3 is 0 Å². The second kappa shape index (κ2) is 9.09. The van der Waals surface area contributed by atoms with Gasteiger partial charge < -0.3 is 15.0 Å². The molecule has 0 aliphatic rings. The van der Waals surface area contributed by atoms with E-state index in [1.165, 1.54) is 10.9 Å². The van der Waals surface area contributed by atoms with E-state index in [2.05, 4.69) is 29.4 Å². The Morgan fingerprint density at radius 3 is 2.77 bits per heavy atom. The van der Waals surface area contributed by atoms with Crippen LogP contribution in [0.4, 0.5) is 5.69 Å². The minimum Gasteiger partial charge on any atom is -0.491 e. The largest absolute Gasteiger partial charge is 0.491 e.